The highest BCUT2D eigenvalue weighted by Gasteiger charge is 2.39. The highest BCUT2D eigenvalue weighted by molar-refractivity contribution is 5.92. The summed E-state index contributed by atoms with van der Waals surface area (Å²) in [5.74, 6) is 1.15. The van der Waals surface area contributed by atoms with E-state index in [1.165, 1.54) is 5.56 Å². The van der Waals surface area contributed by atoms with E-state index >= 15 is 0 Å². The third-order valence-corrected chi connectivity index (χ3v) is 6.89. The first-order valence-corrected chi connectivity index (χ1v) is 11.8. The lowest BCUT2D eigenvalue weighted by Gasteiger charge is -2.38. The molecule has 0 radical (unpaired) electrons. The van der Waals surface area contributed by atoms with Crippen molar-refractivity contribution in [2.24, 2.45) is 5.92 Å². The largest absolute Gasteiger partial charge is 0.490 e. The van der Waals surface area contributed by atoms with E-state index in [0.29, 0.717) is 24.7 Å². The van der Waals surface area contributed by atoms with Gasteiger partial charge in [-0.15, -0.1) is 0 Å². The predicted octanol–water partition coefficient (Wildman–Crippen LogP) is 6.50. The Morgan fingerprint density at radius 2 is 1.88 bits per heavy atom. The number of carboxylic acid groups (broad SMARTS) is 1. The molecule has 1 aliphatic carbocycles. The summed E-state index contributed by atoms with van der Waals surface area (Å²) in [6, 6.07) is 20.0. The van der Waals surface area contributed by atoms with Crippen LogP contribution in [0.25, 0.3) is 0 Å². The first-order valence-electron chi connectivity index (χ1n) is 11.8. The molecule has 0 bridgehead atoms. The van der Waals surface area contributed by atoms with E-state index in [1.807, 2.05) is 56.3 Å². The lowest BCUT2D eigenvalue weighted by atomic mass is 9.76. The van der Waals surface area contributed by atoms with Gasteiger partial charge in [0.25, 0.3) is 0 Å². The summed E-state index contributed by atoms with van der Waals surface area (Å²) in [6.45, 7) is 4.87. The Balaban J connectivity index is 1.48. The van der Waals surface area contributed by atoms with Crippen molar-refractivity contribution in [1.29, 1.82) is 0 Å². The van der Waals surface area contributed by atoms with Crippen LogP contribution in [-0.2, 0) is 6.61 Å². The first-order chi connectivity index (χ1) is 16.6. The van der Waals surface area contributed by atoms with Crippen LogP contribution in [0.15, 0.2) is 72.8 Å². The smallest absolute Gasteiger partial charge is 0.336 e. The summed E-state index contributed by atoms with van der Waals surface area (Å²) in [4.78, 5) is 11.7. The summed E-state index contributed by atoms with van der Waals surface area (Å²) in [7, 11) is 0. The summed E-state index contributed by atoms with van der Waals surface area (Å²) in [6.07, 6.45) is 5.47. The SMILES string of the molecule is CCOc1cc([C@H]2Nc3c(ccc(C(=O)O)c3C)[C@@H]3C=CC[C@H]23)ccc1OCc1ccccc1. The number of ether oxygens (including phenoxy) is 2. The highest BCUT2D eigenvalue weighted by Crippen LogP contribution is 2.51. The van der Waals surface area contributed by atoms with Gasteiger partial charge in [0.2, 0.25) is 0 Å². The Bertz CT molecular complexity index is 1230. The number of benzene rings is 3. The predicted molar refractivity (Wildman–Crippen MR) is 133 cm³/mol. The minimum Gasteiger partial charge on any atom is -0.490 e. The molecule has 1 aliphatic heterocycles. The van der Waals surface area contributed by atoms with Crippen LogP contribution in [0, 0.1) is 12.8 Å². The van der Waals surface area contributed by atoms with Gasteiger partial charge in [0, 0.05) is 11.6 Å². The van der Waals surface area contributed by atoms with Crippen molar-refractivity contribution in [2.45, 2.75) is 38.8 Å². The minimum absolute atomic E-state index is 0.0395. The van der Waals surface area contributed by atoms with E-state index in [2.05, 4.69) is 29.6 Å². The highest BCUT2D eigenvalue weighted by atomic mass is 16.5. The second kappa shape index (κ2) is 9.26. The number of carboxylic acids is 1. The molecule has 5 nitrogen and oxygen atoms in total. The third-order valence-electron chi connectivity index (χ3n) is 6.89. The zero-order valence-electron chi connectivity index (χ0n) is 19.5. The molecule has 0 spiro atoms. The number of nitrogens with one attached hydrogen (secondary N) is 1. The summed E-state index contributed by atoms with van der Waals surface area (Å²) in [5.41, 5.74) is 5.43. The van der Waals surface area contributed by atoms with E-state index < -0.39 is 5.97 Å². The van der Waals surface area contributed by atoms with E-state index in [1.54, 1.807) is 6.07 Å². The Morgan fingerprint density at radius 1 is 1.06 bits per heavy atom. The van der Waals surface area contributed by atoms with Gasteiger partial charge in [0.05, 0.1) is 18.2 Å². The van der Waals surface area contributed by atoms with Crippen LogP contribution in [0.1, 0.15) is 57.9 Å². The Hall–Kier alpha value is -3.73. The topological polar surface area (TPSA) is 67.8 Å². The minimum atomic E-state index is -0.902. The fourth-order valence-corrected chi connectivity index (χ4v) is 5.22. The Morgan fingerprint density at radius 3 is 2.65 bits per heavy atom. The molecule has 0 unspecified atom stereocenters. The molecule has 0 amide bonds. The van der Waals surface area contributed by atoms with Gasteiger partial charge in [-0.25, -0.2) is 4.79 Å². The van der Waals surface area contributed by atoms with Crippen molar-refractivity contribution in [3.05, 3.63) is 101 Å². The quantitative estimate of drug-likeness (QED) is 0.398. The van der Waals surface area contributed by atoms with Gasteiger partial charge in [0.15, 0.2) is 11.5 Å². The molecule has 3 aromatic rings. The van der Waals surface area contributed by atoms with Gasteiger partial charge in [-0.2, -0.15) is 0 Å². The van der Waals surface area contributed by atoms with Crippen molar-refractivity contribution in [2.75, 3.05) is 11.9 Å². The molecule has 5 heteroatoms. The number of hydrogen-bond donors (Lipinski definition) is 2. The normalized spacial score (nSPS) is 20.2. The van der Waals surface area contributed by atoms with Gasteiger partial charge >= 0.3 is 5.97 Å². The van der Waals surface area contributed by atoms with Crippen LogP contribution in [0.3, 0.4) is 0 Å². The number of carbonyl (C=O) groups is 1. The summed E-state index contributed by atoms with van der Waals surface area (Å²) in [5, 5.41) is 13.3. The lowest BCUT2D eigenvalue weighted by Crippen LogP contribution is -2.30. The zero-order valence-corrected chi connectivity index (χ0v) is 19.5. The summed E-state index contributed by atoms with van der Waals surface area (Å²) >= 11 is 0. The lowest BCUT2D eigenvalue weighted by molar-refractivity contribution is 0.0696. The van der Waals surface area contributed by atoms with Gasteiger partial charge in [-0.3, -0.25) is 0 Å². The van der Waals surface area contributed by atoms with Gasteiger partial charge in [-0.05, 0) is 66.6 Å². The van der Waals surface area contributed by atoms with Crippen molar-refractivity contribution in [3.63, 3.8) is 0 Å². The van der Waals surface area contributed by atoms with Crippen LogP contribution in [0.4, 0.5) is 5.69 Å². The maximum atomic E-state index is 11.7. The molecule has 174 valence electrons. The molecule has 3 aromatic carbocycles. The fourth-order valence-electron chi connectivity index (χ4n) is 5.22. The van der Waals surface area contributed by atoms with Crippen molar-refractivity contribution < 1.29 is 19.4 Å². The third kappa shape index (κ3) is 4.03. The molecule has 2 aliphatic rings. The fraction of sp³-hybridized carbons (Fsp3) is 0.276. The van der Waals surface area contributed by atoms with E-state index in [0.717, 1.165) is 40.3 Å². The average molecular weight is 456 g/mol. The van der Waals surface area contributed by atoms with E-state index in [9.17, 15) is 9.90 Å². The second-order valence-corrected chi connectivity index (χ2v) is 8.90. The van der Waals surface area contributed by atoms with Crippen LogP contribution < -0.4 is 14.8 Å². The number of hydrogen-bond acceptors (Lipinski definition) is 4. The second-order valence-electron chi connectivity index (χ2n) is 8.90. The molecule has 0 saturated carbocycles. The van der Waals surface area contributed by atoms with Gasteiger partial charge in [-0.1, -0.05) is 54.6 Å². The molecule has 0 saturated heterocycles. The van der Waals surface area contributed by atoms with Gasteiger partial charge in [0.1, 0.15) is 6.61 Å². The summed E-state index contributed by atoms with van der Waals surface area (Å²) < 4.78 is 12.1. The first kappa shape index (κ1) is 22.1. The molecule has 0 fully saturated rings. The number of anilines is 1. The van der Waals surface area contributed by atoms with Gasteiger partial charge < -0.3 is 19.9 Å². The number of rotatable bonds is 7. The van der Waals surface area contributed by atoms with Crippen LogP contribution in [-0.4, -0.2) is 17.7 Å². The van der Waals surface area contributed by atoms with Crippen LogP contribution in [0.5, 0.6) is 11.5 Å². The molecule has 2 N–H and O–H groups in total. The number of allylic oxidation sites excluding steroid dienone is 2. The van der Waals surface area contributed by atoms with Crippen molar-refractivity contribution >= 4 is 11.7 Å². The maximum Gasteiger partial charge on any atom is 0.336 e. The molecule has 5 rings (SSSR count). The van der Waals surface area contributed by atoms with Crippen LogP contribution >= 0.6 is 0 Å². The van der Waals surface area contributed by atoms with Crippen molar-refractivity contribution in [1.82, 2.24) is 0 Å². The molecular weight excluding hydrogens is 426 g/mol. The monoisotopic (exact) mass is 455 g/mol. The molecule has 34 heavy (non-hydrogen) atoms. The standard InChI is InChI=1S/C29H29NO4/c1-3-33-26-16-20(12-15-25(26)34-17-19-8-5-4-6-9-19)28-23-11-7-10-22(23)24-14-13-21(29(31)32)18(2)27(24)30-28/h4-10,12-16,22-23,28,30H,3,11,17H2,1-2H3,(H,31,32)/t22-,23+,28-/m1/s1. The number of fused-ring (bicyclic) bond motifs is 3. The van der Waals surface area contributed by atoms with Crippen LogP contribution in [0.2, 0.25) is 0 Å². The zero-order chi connectivity index (χ0) is 23.7. The van der Waals surface area contributed by atoms with Crippen molar-refractivity contribution in [3.8, 4) is 11.5 Å². The average Bonchev–Trinajstić information content (AvgIpc) is 3.34. The van der Waals surface area contributed by atoms with E-state index in [-0.39, 0.29) is 12.0 Å². The number of aromatic carboxylic acids is 1. The molecule has 3 atom stereocenters. The Labute approximate surface area is 200 Å². The maximum absolute atomic E-state index is 11.7. The molecular formula is C29H29NO4. The molecule has 1 heterocycles. The molecule has 0 aromatic heterocycles. The Kier molecular flexibility index (Phi) is 6.01. The van der Waals surface area contributed by atoms with E-state index in [4.69, 9.17) is 9.47 Å².